The van der Waals surface area contributed by atoms with Crippen molar-refractivity contribution in [3.63, 3.8) is 0 Å². The van der Waals surface area contributed by atoms with E-state index in [-0.39, 0.29) is 41.7 Å². The predicted molar refractivity (Wildman–Crippen MR) is 105 cm³/mol. The van der Waals surface area contributed by atoms with Gasteiger partial charge in [0.05, 0.1) is 0 Å². The van der Waals surface area contributed by atoms with Gasteiger partial charge < -0.3 is 25.2 Å². The molecule has 3 heterocycles. The largest absolute Gasteiger partial charge is 0.474 e. The maximum atomic E-state index is 12.9. The fourth-order valence-electron chi connectivity index (χ4n) is 4.93. The summed E-state index contributed by atoms with van der Waals surface area (Å²) in [5.74, 6) is -2.41. The second kappa shape index (κ2) is 7.88. The Morgan fingerprint density at radius 2 is 1.79 bits per heavy atom. The lowest BCUT2D eigenvalue weighted by Crippen LogP contribution is -2.51. The molecule has 1 aromatic rings. The molecule has 0 spiro atoms. The van der Waals surface area contributed by atoms with Crippen LogP contribution in [0, 0.1) is 5.92 Å². The van der Waals surface area contributed by atoms with Gasteiger partial charge in [0, 0.05) is 37.3 Å². The third-order valence-corrected chi connectivity index (χ3v) is 6.26. The number of pyridine rings is 1. The van der Waals surface area contributed by atoms with Crippen LogP contribution in [0.4, 0.5) is 10.5 Å². The molecule has 3 aliphatic rings. The second-order valence-corrected chi connectivity index (χ2v) is 8.33. The van der Waals surface area contributed by atoms with Crippen molar-refractivity contribution in [2.24, 2.45) is 5.92 Å². The van der Waals surface area contributed by atoms with Gasteiger partial charge in [-0.05, 0) is 37.3 Å². The molecule has 3 amide bonds. The summed E-state index contributed by atoms with van der Waals surface area (Å²) in [5.41, 5.74) is 0.766. The highest BCUT2D eigenvalue weighted by Gasteiger charge is 2.38. The molecule has 0 aromatic carbocycles. The summed E-state index contributed by atoms with van der Waals surface area (Å²) in [6.07, 6.45) is 6.16. The Balaban J connectivity index is 1.49. The molecule has 1 saturated carbocycles. The van der Waals surface area contributed by atoms with Gasteiger partial charge in [-0.2, -0.15) is 0 Å². The van der Waals surface area contributed by atoms with Gasteiger partial charge in [0.1, 0.15) is 5.69 Å². The molecule has 3 N–H and O–H groups in total. The Kier molecular flexibility index (Phi) is 5.29. The van der Waals surface area contributed by atoms with Crippen molar-refractivity contribution in [1.82, 2.24) is 14.8 Å². The van der Waals surface area contributed by atoms with Crippen LogP contribution in [0.25, 0.3) is 0 Å². The van der Waals surface area contributed by atoms with Crippen LogP contribution in [0.5, 0.6) is 0 Å². The zero-order valence-electron chi connectivity index (χ0n) is 16.2. The van der Waals surface area contributed by atoms with Gasteiger partial charge >= 0.3 is 17.9 Å². The average Bonchev–Trinajstić information content (AvgIpc) is 2.70. The lowest BCUT2D eigenvalue weighted by Gasteiger charge is -2.42. The lowest BCUT2D eigenvalue weighted by atomic mass is 9.83. The number of carbonyl (C=O) groups excluding carboxylic acids is 2. The molecule has 156 valence electrons. The molecule has 9 nitrogen and oxygen atoms in total. The van der Waals surface area contributed by atoms with E-state index in [1.54, 1.807) is 16.7 Å². The Labute approximate surface area is 168 Å². The van der Waals surface area contributed by atoms with Crippen LogP contribution in [0.15, 0.2) is 16.9 Å². The predicted octanol–water partition coefficient (Wildman–Crippen LogP) is 1.33. The van der Waals surface area contributed by atoms with Gasteiger partial charge in [-0.15, -0.1) is 0 Å². The van der Waals surface area contributed by atoms with Gasteiger partial charge in [0.15, 0.2) is 0 Å². The third-order valence-electron chi connectivity index (χ3n) is 6.26. The molecule has 2 atom stereocenters. The second-order valence-electron chi connectivity index (χ2n) is 8.33. The molecule has 4 rings (SSSR count). The number of nitrogens with zero attached hydrogens (tertiary/aromatic N) is 2. The standard InChI is InChI=1S/C20H26N4O5/c25-17-15(22-20(29)21-14-4-2-1-3-5-14)6-7-16-13-8-12(10-24(16)17)9-23(11-13)18(26)19(27)28/h6-7,12-14H,1-5,8-11H2,(H,27,28)(H2,21,22,29)/t12-,13-/m1/s1. The zero-order valence-corrected chi connectivity index (χ0v) is 16.2. The minimum absolute atomic E-state index is 0.0218. The monoisotopic (exact) mass is 402 g/mol. The first kappa shape index (κ1) is 19.5. The molecule has 0 radical (unpaired) electrons. The first-order valence-corrected chi connectivity index (χ1v) is 10.3. The van der Waals surface area contributed by atoms with Crippen LogP contribution in [0.2, 0.25) is 0 Å². The molecule has 1 saturated heterocycles. The van der Waals surface area contributed by atoms with Crippen LogP contribution in [-0.2, 0) is 16.1 Å². The molecule has 0 unspecified atom stereocenters. The zero-order chi connectivity index (χ0) is 20.5. The van der Waals surface area contributed by atoms with Crippen molar-refractivity contribution in [2.75, 3.05) is 18.4 Å². The number of rotatable bonds is 2. The Bertz CT molecular complexity index is 889. The first-order valence-electron chi connectivity index (χ1n) is 10.3. The van der Waals surface area contributed by atoms with Crippen molar-refractivity contribution >= 4 is 23.6 Å². The summed E-state index contributed by atoms with van der Waals surface area (Å²) in [4.78, 5) is 49.5. The summed E-state index contributed by atoms with van der Waals surface area (Å²) < 4.78 is 1.66. The number of nitrogens with one attached hydrogen (secondary N) is 2. The molecule has 2 fully saturated rings. The fourth-order valence-corrected chi connectivity index (χ4v) is 4.93. The summed E-state index contributed by atoms with van der Waals surface area (Å²) in [5, 5.41) is 14.6. The van der Waals surface area contributed by atoms with Gasteiger partial charge in [0.2, 0.25) is 0 Å². The normalized spacial score (nSPS) is 23.8. The van der Waals surface area contributed by atoms with Gasteiger partial charge in [-0.3, -0.25) is 9.59 Å². The SMILES string of the molecule is O=C(Nc1ccc2n(c1=O)C[C@@H]1C[C@@H]2CN(C(=O)C(=O)O)C1)NC1CCCCC1. The van der Waals surface area contributed by atoms with Crippen LogP contribution in [0.1, 0.15) is 50.1 Å². The number of aromatic nitrogens is 1. The van der Waals surface area contributed by atoms with E-state index in [0.717, 1.165) is 37.8 Å². The smallest absolute Gasteiger partial charge is 0.394 e. The van der Waals surface area contributed by atoms with E-state index in [4.69, 9.17) is 5.11 Å². The minimum Gasteiger partial charge on any atom is -0.474 e. The third kappa shape index (κ3) is 3.99. The number of fused-ring (bicyclic) bond motifs is 4. The molecule has 2 aliphatic heterocycles. The van der Waals surface area contributed by atoms with E-state index in [2.05, 4.69) is 10.6 Å². The summed E-state index contributed by atoms with van der Waals surface area (Å²) in [6, 6.07) is 3.20. The fraction of sp³-hybridized carbons (Fsp3) is 0.600. The van der Waals surface area contributed by atoms with Crippen molar-refractivity contribution in [3.8, 4) is 0 Å². The highest BCUT2D eigenvalue weighted by Crippen LogP contribution is 2.35. The first-order chi connectivity index (χ1) is 13.9. The average molecular weight is 402 g/mol. The highest BCUT2D eigenvalue weighted by molar-refractivity contribution is 6.31. The van der Waals surface area contributed by atoms with Crippen LogP contribution >= 0.6 is 0 Å². The molecule has 9 heteroatoms. The molecule has 2 bridgehead atoms. The summed E-state index contributed by atoms with van der Waals surface area (Å²) in [6.45, 7) is 1.02. The molecule has 1 aromatic heterocycles. The van der Waals surface area contributed by atoms with Crippen molar-refractivity contribution in [3.05, 3.63) is 28.2 Å². The number of hydrogen-bond donors (Lipinski definition) is 3. The Hall–Kier alpha value is -2.84. The number of urea groups is 1. The number of amides is 3. The van der Waals surface area contributed by atoms with Crippen molar-refractivity contribution < 1.29 is 19.5 Å². The van der Waals surface area contributed by atoms with E-state index in [0.29, 0.717) is 13.1 Å². The Morgan fingerprint density at radius 1 is 1.03 bits per heavy atom. The van der Waals surface area contributed by atoms with E-state index in [9.17, 15) is 19.2 Å². The van der Waals surface area contributed by atoms with E-state index in [1.807, 2.05) is 0 Å². The van der Waals surface area contributed by atoms with E-state index in [1.165, 1.54) is 11.3 Å². The maximum absolute atomic E-state index is 12.9. The molecular formula is C20H26N4O5. The number of aliphatic carboxylic acids is 1. The van der Waals surface area contributed by atoms with E-state index < -0.39 is 11.9 Å². The number of hydrogen-bond acceptors (Lipinski definition) is 4. The van der Waals surface area contributed by atoms with Crippen LogP contribution < -0.4 is 16.2 Å². The van der Waals surface area contributed by atoms with Gasteiger partial charge in [0.25, 0.3) is 5.56 Å². The minimum atomic E-state index is -1.45. The number of carbonyl (C=O) groups is 3. The lowest BCUT2D eigenvalue weighted by molar-refractivity contribution is -0.157. The van der Waals surface area contributed by atoms with Crippen LogP contribution in [0.3, 0.4) is 0 Å². The maximum Gasteiger partial charge on any atom is 0.394 e. The van der Waals surface area contributed by atoms with E-state index >= 15 is 0 Å². The number of likely N-dealkylation sites (tertiary alicyclic amines) is 1. The molecule has 1 aliphatic carbocycles. The van der Waals surface area contributed by atoms with Gasteiger partial charge in [-0.1, -0.05) is 19.3 Å². The quantitative estimate of drug-likeness (QED) is 0.645. The number of carboxylic acid groups (broad SMARTS) is 1. The highest BCUT2D eigenvalue weighted by atomic mass is 16.4. The molecule has 29 heavy (non-hydrogen) atoms. The summed E-state index contributed by atoms with van der Waals surface area (Å²) >= 11 is 0. The number of carboxylic acids is 1. The molecular weight excluding hydrogens is 376 g/mol. The topological polar surface area (TPSA) is 121 Å². The number of piperidine rings is 1. The summed E-state index contributed by atoms with van der Waals surface area (Å²) in [7, 11) is 0. The van der Waals surface area contributed by atoms with Gasteiger partial charge in [-0.25, -0.2) is 9.59 Å². The Morgan fingerprint density at radius 3 is 2.52 bits per heavy atom. The van der Waals surface area contributed by atoms with Crippen LogP contribution in [-0.4, -0.2) is 51.6 Å². The number of anilines is 1. The van der Waals surface area contributed by atoms with Crippen molar-refractivity contribution in [2.45, 2.75) is 57.0 Å². The van der Waals surface area contributed by atoms with Crippen molar-refractivity contribution in [1.29, 1.82) is 0 Å².